The molecule has 1 N–H and O–H groups in total. The minimum absolute atomic E-state index is 0.0833. The van der Waals surface area contributed by atoms with Gasteiger partial charge in [0.05, 0.1) is 34.4 Å². The van der Waals surface area contributed by atoms with Gasteiger partial charge in [0.15, 0.2) is 0 Å². The molecule has 0 rings (SSSR count). The molecule has 59 heavy (non-hydrogen) atoms. The summed E-state index contributed by atoms with van der Waals surface area (Å²) in [7, 11) is 1.65. The van der Waals surface area contributed by atoms with Crippen molar-refractivity contribution in [2.24, 2.45) is 0 Å². The van der Waals surface area contributed by atoms with Crippen LogP contribution in [0.15, 0.2) is 48.6 Å². The van der Waals surface area contributed by atoms with Gasteiger partial charge in [-0.3, -0.25) is 13.8 Å². The highest BCUT2D eigenvalue weighted by atomic mass is 31.2. The number of phosphoric acid groups is 1. The van der Waals surface area contributed by atoms with Crippen LogP contribution in [-0.4, -0.2) is 75.6 Å². The lowest BCUT2D eigenvalue weighted by atomic mass is 10.0. The molecule has 0 radical (unpaired) electrons. The molecule has 346 valence electrons. The maximum atomic E-state index is 12.7. The molecule has 0 aliphatic carbocycles. The molecule has 0 aromatic carbocycles. The van der Waals surface area contributed by atoms with Crippen molar-refractivity contribution in [3.8, 4) is 0 Å². The number of ether oxygens (including phenoxy) is 2. The zero-order chi connectivity index (χ0) is 43.4. The van der Waals surface area contributed by atoms with Crippen molar-refractivity contribution >= 4 is 13.8 Å². The first kappa shape index (κ1) is 57.5. The fourth-order valence-corrected chi connectivity index (χ4v) is 7.40. The molecule has 0 bridgehead atoms. The molecular formula is C50H95NO7P+. The van der Waals surface area contributed by atoms with Crippen molar-refractivity contribution in [1.29, 1.82) is 0 Å². The van der Waals surface area contributed by atoms with E-state index in [4.69, 9.17) is 18.5 Å². The molecule has 0 amide bonds. The van der Waals surface area contributed by atoms with Crippen LogP contribution in [-0.2, 0) is 27.9 Å². The van der Waals surface area contributed by atoms with E-state index in [1.165, 1.54) is 116 Å². The van der Waals surface area contributed by atoms with E-state index in [2.05, 4.69) is 62.5 Å². The number of rotatable bonds is 45. The molecule has 2 atom stereocenters. The van der Waals surface area contributed by atoms with Crippen LogP contribution in [0.3, 0.4) is 0 Å². The summed E-state index contributed by atoms with van der Waals surface area (Å²) in [4.78, 5) is 22.9. The number of carbonyl (C=O) groups is 1. The van der Waals surface area contributed by atoms with E-state index in [-0.39, 0.29) is 25.8 Å². The van der Waals surface area contributed by atoms with Crippen LogP contribution < -0.4 is 0 Å². The number of carbonyl (C=O) groups excluding carboxylic acids is 1. The number of likely N-dealkylation sites (N-methyl/N-ethyl adjacent to an activating group) is 1. The van der Waals surface area contributed by atoms with E-state index in [0.717, 1.165) is 70.6 Å². The highest BCUT2D eigenvalue weighted by Crippen LogP contribution is 2.43. The van der Waals surface area contributed by atoms with Gasteiger partial charge < -0.3 is 18.9 Å². The summed E-state index contributed by atoms with van der Waals surface area (Å²) in [6.07, 6.45) is 53.0. The topological polar surface area (TPSA) is 91.3 Å². The number of unbranched alkanes of at least 4 members (excludes halogenated alkanes) is 23. The van der Waals surface area contributed by atoms with Gasteiger partial charge in [-0.25, -0.2) is 4.57 Å². The van der Waals surface area contributed by atoms with Crippen molar-refractivity contribution in [3.05, 3.63) is 48.6 Å². The van der Waals surface area contributed by atoms with Gasteiger partial charge in [0, 0.05) is 13.0 Å². The van der Waals surface area contributed by atoms with Crippen molar-refractivity contribution < 1.29 is 37.3 Å². The normalized spacial score (nSPS) is 14.1. The highest BCUT2D eigenvalue weighted by Gasteiger charge is 2.26. The summed E-state index contributed by atoms with van der Waals surface area (Å²) in [5, 5.41) is 0. The molecule has 0 aliphatic rings. The Morgan fingerprint density at radius 1 is 0.542 bits per heavy atom. The summed E-state index contributed by atoms with van der Waals surface area (Å²) in [5.74, 6) is -0.335. The van der Waals surface area contributed by atoms with Gasteiger partial charge >= 0.3 is 13.8 Å². The SMILES string of the molecule is CC/C=C\C/C=C\C/C=C\C/C=C\CCCCCCC(=O)OC(COCCCCCCCCCCCCCCCCCCCCCC)COP(=O)(O)OCC[N+](C)(C)C. The van der Waals surface area contributed by atoms with Crippen molar-refractivity contribution in [1.82, 2.24) is 0 Å². The first-order valence-corrected chi connectivity index (χ1v) is 25.9. The predicted molar refractivity (Wildman–Crippen MR) is 252 cm³/mol. The highest BCUT2D eigenvalue weighted by molar-refractivity contribution is 7.47. The van der Waals surface area contributed by atoms with E-state index >= 15 is 0 Å². The number of nitrogens with zero attached hydrogens (tertiary/aromatic N) is 1. The Kier molecular flexibility index (Phi) is 42.0. The smallest absolute Gasteiger partial charge is 0.457 e. The monoisotopic (exact) mass is 853 g/mol. The average Bonchev–Trinajstić information content (AvgIpc) is 3.19. The van der Waals surface area contributed by atoms with Gasteiger partial charge in [-0.1, -0.05) is 197 Å². The summed E-state index contributed by atoms with van der Waals surface area (Å²) in [6.45, 7) is 5.50. The Bertz CT molecular complexity index is 1080. The van der Waals surface area contributed by atoms with Crippen LogP contribution >= 0.6 is 7.82 Å². The third-order valence-corrected chi connectivity index (χ3v) is 11.4. The Hall–Kier alpha value is -1.54. The van der Waals surface area contributed by atoms with Crippen LogP contribution in [0.4, 0.5) is 0 Å². The van der Waals surface area contributed by atoms with Crippen LogP contribution in [0.2, 0.25) is 0 Å². The number of allylic oxidation sites excluding steroid dienone is 8. The molecule has 9 heteroatoms. The van der Waals surface area contributed by atoms with Crippen LogP contribution in [0.5, 0.6) is 0 Å². The van der Waals surface area contributed by atoms with Gasteiger partial charge in [0.25, 0.3) is 0 Å². The van der Waals surface area contributed by atoms with Gasteiger partial charge in [-0.2, -0.15) is 0 Å². The predicted octanol–water partition coefficient (Wildman–Crippen LogP) is 14.7. The Morgan fingerprint density at radius 3 is 1.47 bits per heavy atom. The number of phosphoric ester groups is 1. The quantitative estimate of drug-likeness (QED) is 0.0214. The molecule has 0 saturated heterocycles. The van der Waals surface area contributed by atoms with Crippen LogP contribution in [0, 0.1) is 0 Å². The lowest BCUT2D eigenvalue weighted by Crippen LogP contribution is -2.37. The second-order valence-corrected chi connectivity index (χ2v) is 18.9. The Balaban J connectivity index is 4.19. The van der Waals surface area contributed by atoms with E-state index in [1.54, 1.807) is 0 Å². The zero-order valence-electron chi connectivity index (χ0n) is 39.2. The zero-order valence-corrected chi connectivity index (χ0v) is 40.1. The van der Waals surface area contributed by atoms with E-state index in [1.807, 2.05) is 21.1 Å². The molecule has 0 saturated carbocycles. The fraction of sp³-hybridized carbons (Fsp3) is 0.820. The molecule has 0 fully saturated rings. The van der Waals surface area contributed by atoms with Gasteiger partial charge in [0.2, 0.25) is 0 Å². The minimum atomic E-state index is -4.28. The first-order chi connectivity index (χ1) is 28.6. The van der Waals surface area contributed by atoms with Crippen LogP contribution in [0.25, 0.3) is 0 Å². The molecule has 0 aliphatic heterocycles. The minimum Gasteiger partial charge on any atom is -0.457 e. The standard InChI is InChI=1S/C50H94NO7P/c1-6-8-10-12-14-16-18-20-22-24-25-26-28-30-32-34-36-38-40-42-45-55-47-49(48-57-59(53,54)56-46-44-51(3,4)5)58-50(52)43-41-39-37-35-33-31-29-27-23-21-19-17-15-13-11-9-7-2/h9,11,15,17,21,23,29,31,49H,6-8,10,12-14,16,18-20,22,24-28,30,32-48H2,1-5H3/p+1/b11-9-,17-15-,23-21-,31-29-. The molecule has 0 heterocycles. The molecule has 2 unspecified atom stereocenters. The second-order valence-electron chi connectivity index (χ2n) is 17.5. The molecule has 8 nitrogen and oxygen atoms in total. The fourth-order valence-electron chi connectivity index (χ4n) is 6.66. The van der Waals surface area contributed by atoms with Crippen molar-refractivity contribution in [2.75, 3.05) is 54.1 Å². The Labute approximate surface area is 365 Å². The molecule has 0 aromatic heterocycles. The van der Waals surface area contributed by atoms with E-state index < -0.39 is 13.9 Å². The average molecular weight is 853 g/mol. The molecule has 0 spiro atoms. The van der Waals surface area contributed by atoms with Gasteiger partial charge in [0.1, 0.15) is 19.3 Å². The largest absolute Gasteiger partial charge is 0.472 e. The summed E-state index contributed by atoms with van der Waals surface area (Å²) in [6, 6.07) is 0. The summed E-state index contributed by atoms with van der Waals surface area (Å²) in [5.41, 5.74) is 0. The maximum Gasteiger partial charge on any atom is 0.472 e. The molecular weight excluding hydrogens is 758 g/mol. The van der Waals surface area contributed by atoms with E-state index in [9.17, 15) is 14.3 Å². The first-order valence-electron chi connectivity index (χ1n) is 24.4. The summed E-state index contributed by atoms with van der Waals surface area (Å²) >= 11 is 0. The maximum absolute atomic E-state index is 12.7. The van der Waals surface area contributed by atoms with Gasteiger partial charge in [-0.15, -0.1) is 0 Å². The summed E-state index contributed by atoms with van der Waals surface area (Å²) < 4.78 is 35.1. The number of quaternary nitrogens is 1. The number of hydrogen-bond acceptors (Lipinski definition) is 6. The van der Waals surface area contributed by atoms with Crippen LogP contribution in [0.1, 0.15) is 206 Å². The number of esters is 1. The Morgan fingerprint density at radius 2 is 0.983 bits per heavy atom. The lowest BCUT2D eigenvalue weighted by Gasteiger charge is -2.24. The third kappa shape index (κ3) is 47.4. The van der Waals surface area contributed by atoms with Crippen molar-refractivity contribution in [3.63, 3.8) is 0 Å². The second kappa shape index (κ2) is 43.1. The molecule has 0 aromatic rings. The van der Waals surface area contributed by atoms with Gasteiger partial charge in [-0.05, 0) is 51.4 Å². The number of hydrogen-bond donors (Lipinski definition) is 1. The third-order valence-electron chi connectivity index (χ3n) is 10.4. The van der Waals surface area contributed by atoms with E-state index in [0.29, 0.717) is 24.1 Å². The van der Waals surface area contributed by atoms with Crippen molar-refractivity contribution in [2.45, 2.75) is 213 Å². The lowest BCUT2D eigenvalue weighted by molar-refractivity contribution is -0.870.